The van der Waals surface area contributed by atoms with Crippen LogP contribution in [0.2, 0.25) is 0 Å². The van der Waals surface area contributed by atoms with E-state index >= 15 is 0 Å². The molecule has 0 radical (unpaired) electrons. The summed E-state index contributed by atoms with van der Waals surface area (Å²) >= 11 is 5.32. The Morgan fingerprint density at radius 1 is 0.917 bits per heavy atom. The SMILES string of the molecule is Cc1c(C)n(C)c(C)c(C)c1=S. The van der Waals surface area contributed by atoms with Crippen LogP contribution < -0.4 is 0 Å². The maximum Gasteiger partial charge on any atom is 0.0470 e. The molecule has 66 valence electrons. The van der Waals surface area contributed by atoms with Crippen LogP contribution in [-0.4, -0.2) is 4.57 Å². The van der Waals surface area contributed by atoms with Gasteiger partial charge in [0, 0.05) is 22.9 Å². The molecule has 0 aromatic carbocycles. The van der Waals surface area contributed by atoms with Crippen LogP contribution >= 0.6 is 12.2 Å². The number of rotatable bonds is 0. The summed E-state index contributed by atoms with van der Waals surface area (Å²) in [7, 11) is 2.08. The van der Waals surface area contributed by atoms with E-state index in [-0.39, 0.29) is 0 Å². The summed E-state index contributed by atoms with van der Waals surface area (Å²) < 4.78 is 3.21. The monoisotopic (exact) mass is 181 g/mol. The molecule has 1 aromatic heterocycles. The third kappa shape index (κ3) is 1.20. The van der Waals surface area contributed by atoms with Crippen molar-refractivity contribution < 1.29 is 0 Å². The molecular weight excluding hydrogens is 166 g/mol. The van der Waals surface area contributed by atoms with E-state index < -0.39 is 0 Å². The van der Waals surface area contributed by atoms with Crippen LogP contribution in [0.5, 0.6) is 0 Å². The van der Waals surface area contributed by atoms with Crippen molar-refractivity contribution in [1.29, 1.82) is 0 Å². The van der Waals surface area contributed by atoms with Crippen molar-refractivity contribution in [3.05, 3.63) is 27.0 Å². The van der Waals surface area contributed by atoms with Crippen LogP contribution in [0.4, 0.5) is 0 Å². The van der Waals surface area contributed by atoms with Crippen molar-refractivity contribution in [2.45, 2.75) is 27.7 Å². The zero-order valence-corrected chi connectivity index (χ0v) is 9.17. The number of nitrogens with zero attached hydrogens (tertiary/aromatic N) is 1. The Morgan fingerprint density at radius 3 is 1.58 bits per heavy atom. The fraction of sp³-hybridized carbons (Fsp3) is 0.500. The lowest BCUT2D eigenvalue weighted by molar-refractivity contribution is 0.795. The van der Waals surface area contributed by atoms with Gasteiger partial charge in [0.15, 0.2) is 0 Å². The quantitative estimate of drug-likeness (QED) is 0.557. The third-order valence-electron chi connectivity index (χ3n) is 2.77. The minimum absolute atomic E-state index is 1.02. The van der Waals surface area contributed by atoms with Gasteiger partial charge in [-0.25, -0.2) is 0 Å². The van der Waals surface area contributed by atoms with Crippen LogP contribution in [0.15, 0.2) is 0 Å². The molecular formula is C10H15NS. The zero-order valence-electron chi connectivity index (χ0n) is 8.36. The second-order valence-electron chi connectivity index (χ2n) is 3.31. The Balaban J connectivity index is 3.73. The van der Waals surface area contributed by atoms with Crippen LogP contribution in [0.3, 0.4) is 0 Å². The first-order chi connectivity index (χ1) is 5.46. The predicted molar refractivity (Wildman–Crippen MR) is 55.2 cm³/mol. The standard InChI is InChI=1S/C10H15NS/c1-6-8(3)11(5)9(4)7(2)10(6)12/h1-5H3. The Bertz CT molecular complexity index is 342. The van der Waals surface area contributed by atoms with Crippen molar-refractivity contribution in [2.75, 3.05) is 0 Å². The van der Waals surface area contributed by atoms with Crippen molar-refractivity contribution in [3.8, 4) is 0 Å². The number of aromatic nitrogens is 1. The summed E-state index contributed by atoms with van der Waals surface area (Å²) in [5.74, 6) is 0. The van der Waals surface area contributed by atoms with Gasteiger partial charge in [-0.2, -0.15) is 0 Å². The normalized spacial score (nSPS) is 10.4. The fourth-order valence-electron chi connectivity index (χ4n) is 1.36. The molecule has 0 fully saturated rings. The first-order valence-corrected chi connectivity index (χ1v) is 4.51. The minimum Gasteiger partial charge on any atom is -0.352 e. The van der Waals surface area contributed by atoms with E-state index in [1.54, 1.807) is 0 Å². The average molecular weight is 181 g/mol. The van der Waals surface area contributed by atoms with Crippen molar-refractivity contribution in [3.63, 3.8) is 0 Å². The first kappa shape index (κ1) is 9.46. The lowest BCUT2D eigenvalue weighted by atomic mass is 10.1. The molecule has 12 heavy (non-hydrogen) atoms. The van der Waals surface area contributed by atoms with Gasteiger partial charge in [0.05, 0.1) is 0 Å². The maximum atomic E-state index is 5.32. The second kappa shape index (κ2) is 3.02. The maximum absolute atomic E-state index is 5.32. The van der Waals surface area contributed by atoms with E-state index in [1.807, 2.05) is 0 Å². The largest absolute Gasteiger partial charge is 0.352 e. The van der Waals surface area contributed by atoms with Crippen molar-refractivity contribution in [2.24, 2.45) is 7.05 Å². The van der Waals surface area contributed by atoms with Gasteiger partial charge < -0.3 is 4.57 Å². The van der Waals surface area contributed by atoms with Crippen molar-refractivity contribution >= 4 is 12.2 Å². The lowest BCUT2D eigenvalue weighted by Crippen LogP contribution is -2.06. The van der Waals surface area contributed by atoms with E-state index in [1.165, 1.54) is 22.5 Å². The summed E-state index contributed by atoms with van der Waals surface area (Å²) in [5, 5.41) is 0. The van der Waals surface area contributed by atoms with E-state index in [2.05, 4.69) is 39.3 Å². The fourth-order valence-corrected chi connectivity index (χ4v) is 1.66. The van der Waals surface area contributed by atoms with E-state index in [9.17, 15) is 0 Å². The van der Waals surface area contributed by atoms with Crippen LogP contribution in [-0.2, 0) is 7.05 Å². The summed E-state index contributed by atoms with van der Waals surface area (Å²) in [6.45, 7) is 8.39. The zero-order chi connectivity index (χ0) is 9.46. The molecule has 0 amide bonds. The summed E-state index contributed by atoms with van der Waals surface area (Å²) in [4.78, 5) is 0. The van der Waals surface area contributed by atoms with Crippen LogP contribution in [0.1, 0.15) is 22.5 Å². The predicted octanol–water partition coefficient (Wildman–Crippen LogP) is 2.99. The molecule has 0 N–H and O–H groups in total. The smallest absolute Gasteiger partial charge is 0.0470 e. The van der Waals surface area contributed by atoms with Gasteiger partial charge in [0.2, 0.25) is 0 Å². The molecule has 0 aliphatic carbocycles. The van der Waals surface area contributed by atoms with E-state index in [0.29, 0.717) is 0 Å². The highest BCUT2D eigenvalue weighted by Gasteiger charge is 2.04. The van der Waals surface area contributed by atoms with Gasteiger partial charge in [-0.1, -0.05) is 12.2 Å². The molecule has 0 unspecified atom stereocenters. The van der Waals surface area contributed by atoms with Gasteiger partial charge in [0.1, 0.15) is 0 Å². The first-order valence-electron chi connectivity index (χ1n) is 4.10. The molecule has 1 heterocycles. The number of hydrogen-bond acceptors (Lipinski definition) is 1. The highest BCUT2D eigenvalue weighted by Crippen LogP contribution is 2.16. The van der Waals surface area contributed by atoms with Gasteiger partial charge in [-0.05, 0) is 38.8 Å². The van der Waals surface area contributed by atoms with Crippen molar-refractivity contribution in [1.82, 2.24) is 4.57 Å². The Hall–Kier alpha value is -0.630. The molecule has 1 nitrogen and oxygen atoms in total. The van der Waals surface area contributed by atoms with Crippen LogP contribution in [0, 0.1) is 32.2 Å². The Morgan fingerprint density at radius 2 is 1.25 bits per heavy atom. The molecule has 0 aliphatic rings. The van der Waals surface area contributed by atoms with Gasteiger partial charge in [-0.15, -0.1) is 0 Å². The summed E-state index contributed by atoms with van der Waals surface area (Å²) in [5.41, 5.74) is 5.00. The van der Waals surface area contributed by atoms with Gasteiger partial charge >= 0.3 is 0 Å². The molecule has 0 aliphatic heterocycles. The Labute approximate surface area is 79.0 Å². The van der Waals surface area contributed by atoms with E-state index in [4.69, 9.17) is 12.2 Å². The third-order valence-corrected chi connectivity index (χ3v) is 3.39. The number of hydrogen-bond donors (Lipinski definition) is 0. The summed E-state index contributed by atoms with van der Waals surface area (Å²) in [6, 6.07) is 0. The summed E-state index contributed by atoms with van der Waals surface area (Å²) in [6.07, 6.45) is 0. The highest BCUT2D eigenvalue weighted by atomic mass is 32.1. The molecule has 0 bridgehead atoms. The van der Waals surface area contributed by atoms with E-state index in [0.717, 1.165) is 4.51 Å². The molecule has 0 saturated heterocycles. The molecule has 1 aromatic rings. The molecule has 1 rings (SSSR count). The molecule has 0 spiro atoms. The molecule has 0 atom stereocenters. The molecule has 2 heteroatoms. The van der Waals surface area contributed by atoms with Crippen LogP contribution in [0.25, 0.3) is 0 Å². The van der Waals surface area contributed by atoms with Gasteiger partial charge in [0.25, 0.3) is 0 Å². The highest BCUT2D eigenvalue weighted by molar-refractivity contribution is 7.71. The topological polar surface area (TPSA) is 4.93 Å². The Kier molecular flexibility index (Phi) is 2.38. The molecule has 0 saturated carbocycles. The minimum atomic E-state index is 1.02. The average Bonchev–Trinajstić information content (AvgIpc) is 2.08. The lowest BCUT2D eigenvalue weighted by Gasteiger charge is -2.14. The van der Waals surface area contributed by atoms with Gasteiger partial charge in [-0.3, -0.25) is 0 Å². The number of pyridine rings is 1. The second-order valence-corrected chi connectivity index (χ2v) is 3.72.